The van der Waals surface area contributed by atoms with E-state index in [0.717, 1.165) is 12.2 Å². The Hall–Kier alpha value is -2.76. The Balaban J connectivity index is 1.61. The zero-order chi connectivity index (χ0) is 19.4. The zero-order valence-electron chi connectivity index (χ0n) is 16.2. The van der Waals surface area contributed by atoms with Gasteiger partial charge in [0.05, 0.1) is 0 Å². The summed E-state index contributed by atoms with van der Waals surface area (Å²) >= 11 is 0. The minimum absolute atomic E-state index is 0.00789. The second-order valence-electron chi connectivity index (χ2n) is 7.76. The second kappa shape index (κ2) is 7.86. The quantitative estimate of drug-likeness (QED) is 0.904. The molecule has 3 rings (SSSR count). The number of hydrogen-bond acceptors (Lipinski definition) is 3. The number of nitrogens with one attached hydrogen (secondary N) is 1. The first-order valence-electron chi connectivity index (χ1n) is 9.34. The molecule has 1 aliphatic heterocycles. The molecule has 2 amide bonds. The third kappa shape index (κ3) is 4.90. The van der Waals surface area contributed by atoms with Crippen LogP contribution in [0.25, 0.3) is 0 Å². The lowest BCUT2D eigenvalue weighted by Gasteiger charge is -2.23. The molecular weight excluding hydrogens is 342 g/mol. The first-order valence-corrected chi connectivity index (χ1v) is 9.34. The highest BCUT2D eigenvalue weighted by Crippen LogP contribution is 2.19. The van der Waals surface area contributed by atoms with Gasteiger partial charge in [-0.05, 0) is 63.6 Å². The predicted octanol–water partition coefficient (Wildman–Crippen LogP) is 3.18. The average Bonchev–Trinajstić information content (AvgIpc) is 3.04. The van der Waals surface area contributed by atoms with E-state index in [1.54, 1.807) is 29.3 Å². The van der Waals surface area contributed by atoms with Gasteiger partial charge in [0, 0.05) is 37.9 Å². The van der Waals surface area contributed by atoms with Crippen LogP contribution < -0.4 is 4.74 Å². The number of ether oxygens (including phenoxy) is 1. The maximum Gasteiger partial charge on any atom is 0.270 e. The normalized spacial score (nSPS) is 15.4. The van der Waals surface area contributed by atoms with Crippen molar-refractivity contribution in [1.29, 1.82) is 0 Å². The number of hydrogen-bond donors (Lipinski definition) is 1. The summed E-state index contributed by atoms with van der Waals surface area (Å²) in [5, 5.41) is 0. The first-order chi connectivity index (χ1) is 12.8. The zero-order valence-corrected chi connectivity index (χ0v) is 16.2. The summed E-state index contributed by atoms with van der Waals surface area (Å²) in [6.45, 7) is 8.34. The van der Waals surface area contributed by atoms with Crippen LogP contribution in [0, 0.1) is 0 Å². The number of carbonyl (C=O) groups excluding carboxylic acids is 2. The summed E-state index contributed by atoms with van der Waals surface area (Å²) in [6, 6.07) is 10.9. The smallest absolute Gasteiger partial charge is 0.270 e. The van der Waals surface area contributed by atoms with Gasteiger partial charge in [-0.15, -0.1) is 0 Å². The van der Waals surface area contributed by atoms with Gasteiger partial charge in [-0.1, -0.05) is 0 Å². The molecular formula is C21H27N3O3. The van der Waals surface area contributed by atoms with Crippen molar-refractivity contribution in [2.45, 2.75) is 32.8 Å². The molecule has 0 radical (unpaired) electrons. The van der Waals surface area contributed by atoms with Crippen LogP contribution in [0.2, 0.25) is 0 Å². The number of nitrogens with zero attached hydrogens (tertiary/aromatic N) is 2. The molecule has 1 N–H and O–H groups in total. The predicted molar refractivity (Wildman–Crippen MR) is 104 cm³/mol. The lowest BCUT2D eigenvalue weighted by molar-refractivity contribution is 0.0716. The summed E-state index contributed by atoms with van der Waals surface area (Å²) in [7, 11) is 0. The van der Waals surface area contributed by atoms with E-state index < -0.39 is 0 Å². The van der Waals surface area contributed by atoms with Gasteiger partial charge in [0.15, 0.2) is 0 Å². The van der Waals surface area contributed by atoms with Crippen molar-refractivity contribution in [2.75, 3.05) is 26.2 Å². The third-order valence-corrected chi connectivity index (χ3v) is 4.42. The molecule has 2 heterocycles. The van der Waals surface area contributed by atoms with E-state index in [0.29, 0.717) is 37.4 Å². The standard InChI is InChI=1S/C21H27N3O3/c1-21(2,3)27-17-9-7-16(8-10-17)19(25)23-12-5-13-24(15-14-23)20(26)18-6-4-11-22-18/h4,6-11,22H,5,12-15H2,1-3H3. The van der Waals surface area contributed by atoms with Crippen molar-refractivity contribution >= 4 is 11.8 Å². The molecule has 27 heavy (non-hydrogen) atoms. The van der Waals surface area contributed by atoms with E-state index in [1.807, 2.05) is 43.9 Å². The topological polar surface area (TPSA) is 65.6 Å². The number of aromatic amines is 1. The molecule has 144 valence electrons. The molecule has 0 atom stereocenters. The van der Waals surface area contributed by atoms with Gasteiger partial charge in [-0.25, -0.2) is 0 Å². The van der Waals surface area contributed by atoms with Crippen LogP contribution in [0.1, 0.15) is 48.0 Å². The Labute approximate surface area is 160 Å². The van der Waals surface area contributed by atoms with E-state index in [1.165, 1.54) is 0 Å². The summed E-state index contributed by atoms with van der Waals surface area (Å²) < 4.78 is 5.81. The van der Waals surface area contributed by atoms with Crippen LogP contribution in [0.5, 0.6) is 5.75 Å². The monoisotopic (exact) mass is 369 g/mol. The molecule has 0 aliphatic carbocycles. The molecule has 6 heteroatoms. The van der Waals surface area contributed by atoms with E-state index >= 15 is 0 Å². The Bertz CT molecular complexity index is 776. The largest absolute Gasteiger partial charge is 0.488 e. The Morgan fingerprint density at radius 3 is 2.11 bits per heavy atom. The van der Waals surface area contributed by atoms with Gasteiger partial charge >= 0.3 is 0 Å². The molecule has 0 spiro atoms. The molecule has 1 aromatic carbocycles. The van der Waals surface area contributed by atoms with Crippen molar-refractivity contribution in [3.63, 3.8) is 0 Å². The van der Waals surface area contributed by atoms with Crippen LogP contribution in [-0.4, -0.2) is 58.4 Å². The molecule has 1 saturated heterocycles. The van der Waals surface area contributed by atoms with E-state index in [9.17, 15) is 9.59 Å². The fraction of sp³-hybridized carbons (Fsp3) is 0.429. The van der Waals surface area contributed by atoms with E-state index in [-0.39, 0.29) is 17.4 Å². The Kier molecular flexibility index (Phi) is 5.54. The Morgan fingerprint density at radius 1 is 0.926 bits per heavy atom. The molecule has 1 fully saturated rings. The van der Waals surface area contributed by atoms with Crippen molar-refractivity contribution in [2.24, 2.45) is 0 Å². The maximum absolute atomic E-state index is 12.8. The van der Waals surface area contributed by atoms with Gasteiger partial charge in [-0.3, -0.25) is 9.59 Å². The number of rotatable bonds is 3. The van der Waals surface area contributed by atoms with Gasteiger partial charge < -0.3 is 19.5 Å². The van der Waals surface area contributed by atoms with Crippen LogP contribution in [0.15, 0.2) is 42.6 Å². The third-order valence-electron chi connectivity index (χ3n) is 4.42. The highest BCUT2D eigenvalue weighted by molar-refractivity contribution is 5.95. The van der Waals surface area contributed by atoms with Gasteiger partial charge in [0.25, 0.3) is 11.8 Å². The van der Waals surface area contributed by atoms with Crippen molar-refractivity contribution < 1.29 is 14.3 Å². The molecule has 0 bridgehead atoms. The highest BCUT2D eigenvalue weighted by Gasteiger charge is 2.24. The molecule has 0 saturated carbocycles. The van der Waals surface area contributed by atoms with Gasteiger partial charge in [-0.2, -0.15) is 0 Å². The van der Waals surface area contributed by atoms with Crippen molar-refractivity contribution in [1.82, 2.24) is 14.8 Å². The number of amides is 2. The van der Waals surface area contributed by atoms with Crippen LogP contribution in [-0.2, 0) is 0 Å². The van der Waals surface area contributed by atoms with E-state index in [4.69, 9.17) is 4.74 Å². The lowest BCUT2D eigenvalue weighted by Crippen LogP contribution is -2.37. The van der Waals surface area contributed by atoms with Crippen molar-refractivity contribution in [3.8, 4) is 5.75 Å². The SMILES string of the molecule is CC(C)(C)Oc1ccc(C(=O)N2CCCN(C(=O)c3ccc[nH]3)CC2)cc1. The molecule has 1 aromatic heterocycles. The summed E-state index contributed by atoms with van der Waals surface area (Å²) in [5.74, 6) is 0.724. The fourth-order valence-electron chi connectivity index (χ4n) is 3.16. The summed E-state index contributed by atoms with van der Waals surface area (Å²) in [4.78, 5) is 31.9. The minimum atomic E-state index is -0.272. The van der Waals surface area contributed by atoms with E-state index in [2.05, 4.69) is 4.98 Å². The lowest BCUT2D eigenvalue weighted by atomic mass is 10.1. The number of aromatic nitrogens is 1. The molecule has 1 aliphatic rings. The molecule has 0 unspecified atom stereocenters. The first kappa shape index (κ1) is 19.0. The highest BCUT2D eigenvalue weighted by atomic mass is 16.5. The molecule has 2 aromatic rings. The fourth-order valence-corrected chi connectivity index (χ4v) is 3.16. The van der Waals surface area contributed by atoms with Gasteiger partial charge in [0.2, 0.25) is 0 Å². The van der Waals surface area contributed by atoms with Crippen LogP contribution in [0.4, 0.5) is 0 Å². The van der Waals surface area contributed by atoms with Crippen LogP contribution in [0.3, 0.4) is 0 Å². The molecule has 6 nitrogen and oxygen atoms in total. The second-order valence-corrected chi connectivity index (χ2v) is 7.76. The van der Waals surface area contributed by atoms with Crippen LogP contribution >= 0.6 is 0 Å². The minimum Gasteiger partial charge on any atom is -0.488 e. The summed E-state index contributed by atoms with van der Waals surface area (Å²) in [6.07, 6.45) is 2.51. The summed E-state index contributed by atoms with van der Waals surface area (Å²) in [5.41, 5.74) is 0.954. The number of H-pyrrole nitrogens is 1. The number of carbonyl (C=O) groups is 2. The average molecular weight is 369 g/mol. The maximum atomic E-state index is 12.8. The van der Waals surface area contributed by atoms with Gasteiger partial charge in [0.1, 0.15) is 17.0 Å². The Morgan fingerprint density at radius 2 is 1.56 bits per heavy atom. The van der Waals surface area contributed by atoms with Crippen molar-refractivity contribution in [3.05, 3.63) is 53.9 Å². The number of benzene rings is 1.